The van der Waals surface area contributed by atoms with E-state index in [9.17, 15) is 0 Å². The average Bonchev–Trinajstić information content (AvgIpc) is 2.38. The van der Waals surface area contributed by atoms with Crippen molar-refractivity contribution >= 4 is 17.0 Å². The molecule has 4 heteroatoms. The third-order valence-corrected chi connectivity index (χ3v) is 2.62. The lowest BCUT2D eigenvalue weighted by Gasteiger charge is -2.00. The van der Waals surface area contributed by atoms with Crippen molar-refractivity contribution in [2.45, 2.75) is 13.3 Å². The molecule has 90 valence electrons. The smallest absolute Gasteiger partial charge is 0.0705 e. The molecule has 0 fully saturated rings. The summed E-state index contributed by atoms with van der Waals surface area (Å²) in [6.45, 7) is 2.49. The van der Waals surface area contributed by atoms with E-state index in [2.05, 4.69) is 27.1 Å². The standard InChI is InChI=1S/C14H14N4/c1-11-5-7-13-10-12(6-8-14(13)17-11)4-2-3-9-16-18-15/h2,4-8,10H,3,9H2,1H3. The first kappa shape index (κ1) is 12.1. The topological polar surface area (TPSA) is 61.7 Å². The molecule has 2 rings (SSSR count). The highest BCUT2D eigenvalue weighted by Gasteiger charge is 1.95. The van der Waals surface area contributed by atoms with E-state index in [-0.39, 0.29) is 0 Å². The zero-order chi connectivity index (χ0) is 12.8. The maximum absolute atomic E-state index is 8.15. The van der Waals surface area contributed by atoms with Gasteiger partial charge in [0.2, 0.25) is 0 Å². The van der Waals surface area contributed by atoms with Crippen LogP contribution in [0.15, 0.2) is 41.5 Å². The molecule has 0 spiro atoms. The van der Waals surface area contributed by atoms with Gasteiger partial charge in [0.05, 0.1) is 5.52 Å². The van der Waals surface area contributed by atoms with E-state index < -0.39 is 0 Å². The molecule has 0 amide bonds. The van der Waals surface area contributed by atoms with Gasteiger partial charge in [0.1, 0.15) is 0 Å². The summed E-state index contributed by atoms with van der Waals surface area (Å²) in [6.07, 6.45) is 4.80. The Labute approximate surface area is 106 Å². The molecule has 0 unspecified atom stereocenters. The number of benzene rings is 1. The quantitative estimate of drug-likeness (QED) is 0.340. The molecule has 0 N–H and O–H groups in total. The summed E-state index contributed by atoms with van der Waals surface area (Å²) in [4.78, 5) is 7.17. The Hall–Kier alpha value is -2.32. The van der Waals surface area contributed by atoms with Crippen LogP contribution in [0.4, 0.5) is 0 Å². The van der Waals surface area contributed by atoms with Crippen LogP contribution in [0.5, 0.6) is 0 Å². The highest BCUT2D eigenvalue weighted by atomic mass is 15.1. The lowest BCUT2D eigenvalue weighted by atomic mass is 10.1. The number of nitrogens with zero attached hydrogens (tertiary/aromatic N) is 4. The van der Waals surface area contributed by atoms with Gasteiger partial charge in [-0.25, -0.2) is 0 Å². The molecular weight excluding hydrogens is 224 g/mol. The second kappa shape index (κ2) is 5.84. The molecular formula is C14H14N4. The SMILES string of the molecule is Cc1ccc2cc(C=CCCN=[N+]=[N-])ccc2n1. The van der Waals surface area contributed by atoms with Crippen LogP contribution in [0, 0.1) is 6.92 Å². The second-order valence-electron chi connectivity index (χ2n) is 4.05. The maximum Gasteiger partial charge on any atom is 0.0705 e. The number of hydrogen-bond donors (Lipinski definition) is 0. The van der Waals surface area contributed by atoms with Crippen LogP contribution in [0.1, 0.15) is 17.7 Å². The second-order valence-corrected chi connectivity index (χ2v) is 4.05. The number of fused-ring (bicyclic) bond motifs is 1. The summed E-state index contributed by atoms with van der Waals surface area (Å²) in [5.41, 5.74) is 11.3. The Balaban J connectivity index is 2.15. The Morgan fingerprint density at radius 2 is 2.22 bits per heavy atom. The minimum atomic E-state index is 0.501. The molecule has 1 aromatic carbocycles. The van der Waals surface area contributed by atoms with E-state index in [1.54, 1.807) is 0 Å². The highest BCUT2D eigenvalue weighted by molar-refractivity contribution is 5.81. The fraction of sp³-hybridized carbons (Fsp3) is 0.214. The van der Waals surface area contributed by atoms with E-state index in [1.807, 2.05) is 37.3 Å². The number of azide groups is 1. The highest BCUT2D eigenvalue weighted by Crippen LogP contribution is 2.15. The monoisotopic (exact) mass is 238 g/mol. The zero-order valence-electron chi connectivity index (χ0n) is 10.2. The maximum atomic E-state index is 8.15. The van der Waals surface area contributed by atoms with Crippen molar-refractivity contribution in [1.82, 2.24) is 4.98 Å². The van der Waals surface area contributed by atoms with Gasteiger partial charge in [-0.2, -0.15) is 0 Å². The summed E-state index contributed by atoms with van der Waals surface area (Å²) in [5.74, 6) is 0. The number of aromatic nitrogens is 1. The van der Waals surface area contributed by atoms with Crippen LogP contribution in [0.2, 0.25) is 0 Å². The van der Waals surface area contributed by atoms with Crippen molar-refractivity contribution in [3.63, 3.8) is 0 Å². The summed E-state index contributed by atoms with van der Waals surface area (Å²) in [7, 11) is 0. The van der Waals surface area contributed by atoms with Crippen molar-refractivity contribution in [2.75, 3.05) is 6.54 Å². The minimum absolute atomic E-state index is 0.501. The first-order valence-corrected chi connectivity index (χ1v) is 5.84. The van der Waals surface area contributed by atoms with Gasteiger partial charge in [-0.3, -0.25) is 4.98 Å². The molecule has 0 aliphatic heterocycles. The average molecular weight is 238 g/mol. The van der Waals surface area contributed by atoms with Crippen molar-refractivity contribution in [2.24, 2.45) is 5.11 Å². The fourth-order valence-electron chi connectivity index (χ4n) is 1.75. The van der Waals surface area contributed by atoms with E-state index in [0.717, 1.165) is 28.6 Å². The molecule has 1 aromatic heterocycles. The summed E-state index contributed by atoms with van der Waals surface area (Å²) < 4.78 is 0. The predicted octanol–water partition coefficient (Wildman–Crippen LogP) is 4.26. The molecule has 0 saturated heterocycles. The third-order valence-electron chi connectivity index (χ3n) is 2.62. The van der Waals surface area contributed by atoms with E-state index in [1.165, 1.54) is 0 Å². The first-order valence-electron chi connectivity index (χ1n) is 5.84. The molecule has 0 aliphatic rings. The summed E-state index contributed by atoms with van der Waals surface area (Å²) in [5, 5.41) is 4.62. The van der Waals surface area contributed by atoms with Crippen LogP contribution < -0.4 is 0 Å². The third kappa shape index (κ3) is 3.09. The van der Waals surface area contributed by atoms with Crippen molar-refractivity contribution in [1.29, 1.82) is 0 Å². The van der Waals surface area contributed by atoms with Gasteiger partial charge in [-0.05, 0) is 42.6 Å². The van der Waals surface area contributed by atoms with Gasteiger partial charge >= 0.3 is 0 Å². The van der Waals surface area contributed by atoms with Gasteiger partial charge in [-0.15, -0.1) is 0 Å². The number of rotatable bonds is 4. The Morgan fingerprint density at radius 3 is 3.06 bits per heavy atom. The van der Waals surface area contributed by atoms with E-state index in [0.29, 0.717) is 6.54 Å². The van der Waals surface area contributed by atoms with Gasteiger partial charge < -0.3 is 0 Å². The summed E-state index contributed by atoms with van der Waals surface area (Å²) in [6, 6.07) is 10.3. The fourth-order valence-corrected chi connectivity index (χ4v) is 1.75. The number of pyridine rings is 1. The lowest BCUT2D eigenvalue weighted by molar-refractivity contribution is 0.996. The summed E-state index contributed by atoms with van der Waals surface area (Å²) >= 11 is 0. The predicted molar refractivity (Wildman–Crippen MR) is 74.1 cm³/mol. The molecule has 2 aromatic rings. The molecule has 0 aliphatic carbocycles. The van der Waals surface area contributed by atoms with Crippen LogP contribution in [0.3, 0.4) is 0 Å². The van der Waals surface area contributed by atoms with Gasteiger partial charge in [0, 0.05) is 22.5 Å². The first-order chi connectivity index (χ1) is 8.79. The van der Waals surface area contributed by atoms with Gasteiger partial charge in [0.25, 0.3) is 0 Å². The molecule has 0 atom stereocenters. The van der Waals surface area contributed by atoms with Crippen molar-refractivity contribution in [3.05, 3.63) is 58.1 Å². The Bertz CT molecular complexity index is 625. The normalized spacial score (nSPS) is 10.7. The molecule has 0 bridgehead atoms. The molecule has 1 heterocycles. The van der Waals surface area contributed by atoms with E-state index in [4.69, 9.17) is 5.53 Å². The van der Waals surface area contributed by atoms with Crippen LogP contribution >= 0.6 is 0 Å². The van der Waals surface area contributed by atoms with Gasteiger partial charge in [0.15, 0.2) is 0 Å². The van der Waals surface area contributed by atoms with Crippen LogP contribution in [-0.4, -0.2) is 11.5 Å². The number of aryl methyl sites for hydroxylation is 1. The van der Waals surface area contributed by atoms with Gasteiger partial charge in [-0.1, -0.05) is 29.4 Å². The van der Waals surface area contributed by atoms with Crippen LogP contribution in [-0.2, 0) is 0 Å². The Kier molecular flexibility index (Phi) is 3.94. The largest absolute Gasteiger partial charge is 0.253 e. The molecule has 0 saturated carbocycles. The Morgan fingerprint density at radius 1 is 1.33 bits per heavy atom. The molecule has 0 radical (unpaired) electrons. The van der Waals surface area contributed by atoms with Crippen molar-refractivity contribution in [3.8, 4) is 0 Å². The van der Waals surface area contributed by atoms with Crippen molar-refractivity contribution < 1.29 is 0 Å². The minimum Gasteiger partial charge on any atom is -0.253 e. The molecule has 18 heavy (non-hydrogen) atoms. The zero-order valence-corrected chi connectivity index (χ0v) is 10.2. The number of hydrogen-bond acceptors (Lipinski definition) is 2. The van der Waals surface area contributed by atoms with Crippen LogP contribution in [0.25, 0.3) is 27.4 Å². The lowest BCUT2D eigenvalue weighted by Crippen LogP contribution is -1.83. The van der Waals surface area contributed by atoms with E-state index >= 15 is 0 Å². The molecule has 4 nitrogen and oxygen atoms in total.